The number of phenolic OH excluding ortho intramolecular Hbond substituents is 1. The molecule has 1 atom stereocenters. The van der Waals surface area contributed by atoms with Crippen LogP contribution in [0.2, 0.25) is 0 Å². The molecule has 7 heteroatoms. The van der Waals surface area contributed by atoms with Crippen molar-refractivity contribution in [2.75, 3.05) is 13.7 Å². The highest BCUT2D eigenvalue weighted by molar-refractivity contribution is 9.10. The van der Waals surface area contributed by atoms with Gasteiger partial charge in [-0.25, -0.2) is 4.79 Å². The van der Waals surface area contributed by atoms with Crippen molar-refractivity contribution in [2.24, 2.45) is 0 Å². The number of phenols is 1. The normalized spacial score (nSPS) is 19.3. The van der Waals surface area contributed by atoms with Crippen LogP contribution in [0.25, 0.3) is 0 Å². The van der Waals surface area contributed by atoms with E-state index in [1.165, 1.54) is 7.11 Å². The lowest BCUT2D eigenvalue weighted by Crippen LogP contribution is -2.34. The molecule has 1 heterocycles. The fourth-order valence-corrected chi connectivity index (χ4v) is 4.24. The molecule has 0 aromatic heterocycles. The van der Waals surface area contributed by atoms with Crippen LogP contribution < -0.4 is 10.1 Å². The predicted molar refractivity (Wildman–Crippen MR) is 108 cm³/mol. The number of allylic oxidation sites excluding steroid dienone is 3. The Bertz CT molecular complexity index is 887. The Morgan fingerprint density at radius 1 is 1.36 bits per heavy atom. The molecule has 0 bridgehead atoms. The first-order valence-corrected chi connectivity index (χ1v) is 10.2. The quantitative estimate of drug-likeness (QED) is 0.658. The zero-order valence-corrected chi connectivity index (χ0v) is 17.8. The number of Topliss-reactive ketones (excluding diaryl/α,β-unsaturated/α-hetero) is 1. The lowest BCUT2D eigenvalue weighted by molar-refractivity contribution is -0.139. The fourth-order valence-electron chi connectivity index (χ4n) is 3.78. The highest BCUT2D eigenvalue weighted by Gasteiger charge is 2.39. The SMILES string of the molecule is CCCOC(=O)C1=C(C)NC2=C(C(=O)CCC2)C1c1cc(Br)c(O)c(OC)c1. The monoisotopic (exact) mass is 449 g/mol. The van der Waals surface area contributed by atoms with Gasteiger partial charge in [0.25, 0.3) is 0 Å². The zero-order chi connectivity index (χ0) is 20.4. The number of benzene rings is 1. The lowest BCUT2D eigenvalue weighted by atomic mass is 9.75. The number of ketones is 1. The Balaban J connectivity index is 2.19. The summed E-state index contributed by atoms with van der Waals surface area (Å²) in [6, 6.07) is 3.39. The number of carbonyl (C=O) groups is 2. The number of hydrogen-bond donors (Lipinski definition) is 2. The van der Waals surface area contributed by atoms with Gasteiger partial charge in [-0.05, 0) is 59.8 Å². The van der Waals surface area contributed by atoms with E-state index in [0.29, 0.717) is 46.3 Å². The lowest BCUT2D eigenvalue weighted by Gasteiger charge is -2.34. The third-order valence-electron chi connectivity index (χ3n) is 5.04. The molecule has 2 N–H and O–H groups in total. The smallest absolute Gasteiger partial charge is 0.336 e. The number of aromatic hydroxyl groups is 1. The Hall–Kier alpha value is -2.28. The van der Waals surface area contributed by atoms with Gasteiger partial charge in [-0.15, -0.1) is 0 Å². The number of dihydropyridines is 1. The van der Waals surface area contributed by atoms with E-state index in [2.05, 4.69) is 21.2 Å². The molecule has 0 spiro atoms. The number of ether oxygens (including phenoxy) is 2. The summed E-state index contributed by atoms with van der Waals surface area (Å²) in [7, 11) is 1.46. The number of carbonyl (C=O) groups excluding carboxylic acids is 2. The second kappa shape index (κ2) is 8.39. The van der Waals surface area contributed by atoms with Crippen LogP contribution in [-0.2, 0) is 14.3 Å². The number of halogens is 1. The number of methoxy groups -OCH3 is 1. The minimum absolute atomic E-state index is 0.0233. The molecule has 1 aromatic carbocycles. The van der Waals surface area contributed by atoms with Crippen molar-refractivity contribution in [1.82, 2.24) is 5.32 Å². The van der Waals surface area contributed by atoms with Gasteiger partial charge in [-0.2, -0.15) is 0 Å². The first-order chi connectivity index (χ1) is 13.4. The van der Waals surface area contributed by atoms with Gasteiger partial charge in [0.1, 0.15) is 0 Å². The van der Waals surface area contributed by atoms with Crippen LogP contribution in [0, 0.1) is 0 Å². The fraction of sp³-hybridized carbons (Fsp3) is 0.429. The van der Waals surface area contributed by atoms with Gasteiger partial charge in [0.15, 0.2) is 17.3 Å². The summed E-state index contributed by atoms with van der Waals surface area (Å²) in [6.45, 7) is 4.06. The van der Waals surface area contributed by atoms with Crippen LogP contribution in [0.3, 0.4) is 0 Å². The van der Waals surface area contributed by atoms with Crippen molar-refractivity contribution in [2.45, 2.75) is 45.4 Å². The van der Waals surface area contributed by atoms with E-state index in [1.54, 1.807) is 12.1 Å². The molecule has 0 radical (unpaired) electrons. The highest BCUT2D eigenvalue weighted by atomic mass is 79.9. The van der Waals surface area contributed by atoms with Gasteiger partial charge in [0, 0.05) is 29.3 Å². The van der Waals surface area contributed by atoms with E-state index in [9.17, 15) is 14.7 Å². The summed E-state index contributed by atoms with van der Waals surface area (Å²) in [5, 5.41) is 13.4. The standard InChI is InChI=1S/C21H24BrNO5/c1-4-8-28-21(26)17-11(2)23-14-6-5-7-15(24)19(14)18(17)12-9-13(22)20(25)16(10-12)27-3/h9-10,18,23,25H,4-8H2,1-3H3. The summed E-state index contributed by atoms with van der Waals surface area (Å²) in [5.41, 5.74) is 3.24. The van der Waals surface area contributed by atoms with Crippen LogP contribution >= 0.6 is 15.9 Å². The molecule has 28 heavy (non-hydrogen) atoms. The average Bonchev–Trinajstić information content (AvgIpc) is 2.67. The van der Waals surface area contributed by atoms with Crippen molar-refractivity contribution in [3.8, 4) is 11.5 Å². The number of hydrogen-bond acceptors (Lipinski definition) is 6. The Morgan fingerprint density at radius 3 is 2.79 bits per heavy atom. The van der Waals surface area contributed by atoms with E-state index in [-0.39, 0.29) is 17.3 Å². The second-order valence-electron chi connectivity index (χ2n) is 6.96. The Kier molecular flexibility index (Phi) is 6.13. The van der Waals surface area contributed by atoms with Crippen molar-refractivity contribution >= 4 is 27.7 Å². The minimum Gasteiger partial charge on any atom is -0.503 e. The van der Waals surface area contributed by atoms with Crippen LogP contribution in [0.1, 0.15) is 51.0 Å². The van der Waals surface area contributed by atoms with Gasteiger partial charge in [0.2, 0.25) is 0 Å². The number of esters is 1. The molecular weight excluding hydrogens is 426 g/mol. The van der Waals surface area contributed by atoms with Crippen molar-refractivity contribution in [3.63, 3.8) is 0 Å². The third kappa shape index (κ3) is 3.68. The summed E-state index contributed by atoms with van der Waals surface area (Å²) >= 11 is 3.34. The van der Waals surface area contributed by atoms with Gasteiger partial charge < -0.3 is 19.9 Å². The highest BCUT2D eigenvalue weighted by Crippen LogP contribution is 2.46. The van der Waals surface area contributed by atoms with E-state index >= 15 is 0 Å². The summed E-state index contributed by atoms with van der Waals surface area (Å²) in [4.78, 5) is 25.7. The maximum Gasteiger partial charge on any atom is 0.336 e. The third-order valence-corrected chi connectivity index (χ3v) is 5.64. The van der Waals surface area contributed by atoms with Crippen molar-refractivity contribution in [3.05, 3.63) is 44.7 Å². The molecular formula is C21H24BrNO5. The Morgan fingerprint density at radius 2 is 2.11 bits per heavy atom. The van der Waals surface area contributed by atoms with Gasteiger partial charge >= 0.3 is 5.97 Å². The molecule has 1 aliphatic carbocycles. The van der Waals surface area contributed by atoms with E-state index in [0.717, 1.165) is 18.5 Å². The number of rotatable bonds is 5. The van der Waals surface area contributed by atoms with Crippen molar-refractivity contribution in [1.29, 1.82) is 0 Å². The van der Waals surface area contributed by atoms with Gasteiger partial charge in [-0.3, -0.25) is 4.79 Å². The molecule has 3 rings (SSSR count). The van der Waals surface area contributed by atoms with Crippen LogP contribution in [0.4, 0.5) is 0 Å². The molecule has 0 saturated heterocycles. The Labute approximate surface area is 172 Å². The maximum atomic E-state index is 12.9. The van der Waals surface area contributed by atoms with Crippen LogP contribution in [0.15, 0.2) is 39.1 Å². The van der Waals surface area contributed by atoms with Gasteiger partial charge in [0.05, 0.1) is 23.8 Å². The molecule has 1 aliphatic heterocycles. The molecule has 150 valence electrons. The van der Waals surface area contributed by atoms with Gasteiger partial charge in [-0.1, -0.05) is 6.92 Å². The van der Waals surface area contributed by atoms with Crippen LogP contribution in [-0.4, -0.2) is 30.6 Å². The largest absolute Gasteiger partial charge is 0.503 e. The zero-order valence-electron chi connectivity index (χ0n) is 16.2. The molecule has 6 nitrogen and oxygen atoms in total. The minimum atomic E-state index is -0.570. The molecule has 1 aromatic rings. The molecule has 0 saturated carbocycles. The molecule has 0 fully saturated rings. The molecule has 2 aliphatic rings. The van der Waals surface area contributed by atoms with Crippen LogP contribution in [0.5, 0.6) is 11.5 Å². The van der Waals surface area contributed by atoms with E-state index < -0.39 is 11.9 Å². The molecule has 0 amide bonds. The maximum absolute atomic E-state index is 12.9. The van der Waals surface area contributed by atoms with E-state index in [4.69, 9.17) is 9.47 Å². The predicted octanol–water partition coefficient (Wildman–Crippen LogP) is 4.08. The topological polar surface area (TPSA) is 84.9 Å². The van der Waals surface area contributed by atoms with E-state index in [1.807, 2.05) is 13.8 Å². The summed E-state index contributed by atoms with van der Waals surface area (Å²) < 4.78 is 11.1. The summed E-state index contributed by atoms with van der Waals surface area (Å²) in [6.07, 6.45) is 2.69. The average molecular weight is 450 g/mol. The molecule has 1 unspecified atom stereocenters. The first kappa shape index (κ1) is 20.5. The summed E-state index contributed by atoms with van der Waals surface area (Å²) in [5.74, 6) is -0.744. The first-order valence-electron chi connectivity index (χ1n) is 9.36. The second-order valence-corrected chi connectivity index (χ2v) is 7.81. The number of nitrogens with one attached hydrogen (secondary N) is 1. The van der Waals surface area contributed by atoms with Crippen molar-refractivity contribution < 1.29 is 24.2 Å².